The Bertz CT molecular complexity index is 8.04. The Morgan fingerprint density at radius 2 is 0.429 bits per heavy atom. The first-order valence-corrected chi connectivity index (χ1v) is 0. The van der Waals surface area contributed by atoms with Gasteiger partial charge in [-0.15, -0.1) is 0 Å². The maximum absolute atomic E-state index is 0. The number of hydrogen-bond acceptors (Lipinski definition) is 0. The number of halogens is 5. The fraction of sp³-hybridized carbons (Fsp3) is 0. The fourth-order valence-corrected chi connectivity index (χ4v) is 0. The van der Waals surface area contributed by atoms with Crippen LogP contribution in [0.3, 0.4) is 0 Å². The van der Waals surface area contributed by atoms with E-state index in [0.29, 0.717) is 0 Å². The van der Waals surface area contributed by atoms with Gasteiger partial charge in [0.25, 0.3) is 0 Å². The van der Waals surface area contributed by atoms with Gasteiger partial charge < -0.3 is 23.5 Å². The molecule has 0 aliphatic carbocycles. The van der Waals surface area contributed by atoms with Crippen LogP contribution in [0.15, 0.2) is 0 Å². The summed E-state index contributed by atoms with van der Waals surface area (Å²) < 4.78 is 0. The van der Waals surface area contributed by atoms with E-state index in [0.717, 1.165) is 0 Å². The smallest absolute Gasteiger partial charge is 0 e. The first-order valence-electron chi connectivity index (χ1n) is 0. The van der Waals surface area contributed by atoms with Gasteiger partial charge in [0.1, 0.15) is 0 Å². The van der Waals surface area contributed by atoms with Gasteiger partial charge in [-0.2, -0.15) is 0 Å². The van der Waals surface area contributed by atoms with Gasteiger partial charge >= 0.3 is 0 Å². The van der Waals surface area contributed by atoms with Gasteiger partial charge in [0.2, 0.25) is 0 Å². The van der Waals surface area contributed by atoms with Gasteiger partial charge in [-0.1, -0.05) is 0 Å². The summed E-state index contributed by atoms with van der Waals surface area (Å²) in [4.78, 5) is 0. The average molecular weight is 205 g/mol. The van der Waals surface area contributed by atoms with Crippen LogP contribution in [0.5, 0.6) is 0 Å². The molecule has 0 nitrogen and oxygen atoms in total. The molecule has 0 aromatic rings. The van der Waals surface area contributed by atoms with Crippen molar-refractivity contribution >= 4 is 0 Å². The molecule has 0 spiro atoms. The quantitative estimate of drug-likeness (QED) is 0.344. The molecule has 54 valence electrons. The Morgan fingerprint density at radius 3 is 0.429 bits per heavy atom. The van der Waals surface area contributed by atoms with Crippen molar-refractivity contribution in [1.82, 2.24) is 0 Å². The molecule has 0 N–H and O–H groups in total. The molecule has 0 atom stereocenters. The van der Waals surface area contributed by atoms with Crippen molar-refractivity contribution < 1.29 is 58.9 Å². The molecule has 0 saturated heterocycles. The summed E-state index contributed by atoms with van der Waals surface area (Å²) in [6.07, 6.45) is 0. The Morgan fingerprint density at radius 1 is 0.429 bits per heavy atom. The fourth-order valence-electron chi connectivity index (χ4n) is 0. The molecule has 0 heterocycles. The van der Waals surface area contributed by atoms with Crippen LogP contribution in [0.25, 0.3) is 0 Å². The maximum atomic E-state index is 0. The summed E-state index contributed by atoms with van der Waals surface area (Å²) in [7, 11) is 0. The Balaban J connectivity index is 0. The minimum Gasteiger partial charge on any atom is -1.00 e. The molecule has 0 bridgehead atoms. The summed E-state index contributed by atoms with van der Waals surface area (Å²) in [6, 6.07) is 0. The first kappa shape index (κ1) is 641. The number of rotatable bonds is 0. The van der Waals surface area contributed by atoms with Gasteiger partial charge in [-0.25, -0.2) is 0 Å². The molecule has 0 aliphatic heterocycles. The molecular formula is CoF5V-5. The maximum Gasteiger partial charge on any atom is 0 e. The second-order valence-electron chi connectivity index (χ2n) is 0. The predicted molar refractivity (Wildman–Crippen MR) is 0 cm³/mol. The number of hydrogen-bond donors (Lipinski definition) is 0. The van der Waals surface area contributed by atoms with E-state index in [2.05, 4.69) is 0 Å². The zero-order valence-electron chi connectivity index (χ0n) is 2.67. The third-order valence-electron chi connectivity index (χ3n) is 0. The van der Waals surface area contributed by atoms with Gasteiger partial charge in [-0.05, 0) is 0 Å². The van der Waals surface area contributed by atoms with E-state index in [1.54, 1.807) is 0 Å². The van der Waals surface area contributed by atoms with Crippen LogP contribution in [0.2, 0.25) is 0 Å². The molecule has 0 saturated carbocycles. The van der Waals surface area contributed by atoms with E-state index in [-0.39, 0.29) is 58.9 Å². The first-order chi connectivity index (χ1) is 0. The van der Waals surface area contributed by atoms with Crippen molar-refractivity contribution in [3.63, 3.8) is 0 Å². The summed E-state index contributed by atoms with van der Waals surface area (Å²) in [6.45, 7) is 0. The standard InChI is InChI=1S/Co.5FH.V/h;5*1H;/p-5. The molecule has 0 amide bonds. The van der Waals surface area contributed by atoms with Gasteiger partial charge in [0.05, 0.1) is 0 Å². The molecule has 0 fully saturated rings. The van der Waals surface area contributed by atoms with Crippen LogP contribution in [-0.4, -0.2) is 0 Å². The van der Waals surface area contributed by atoms with Crippen LogP contribution in [0.1, 0.15) is 0 Å². The van der Waals surface area contributed by atoms with E-state index < -0.39 is 0 Å². The summed E-state index contributed by atoms with van der Waals surface area (Å²) in [5, 5.41) is 0. The van der Waals surface area contributed by atoms with E-state index >= 15 is 0 Å². The van der Waals surface area contributed by atoms with Crippen LogP contribution < -0.4 is 23.5 Å². The molecule has 2 radical (unpaired) electrons. The van der Waals surface area contributed by atoms with Crippen LogP contribution in [0, 0.1) is 0 Å². The molecule has 0 aromatic carbocycles. The largest absolute Gasteiger partial charge is 1.00 e. The normalized spacial score (nSPS) is 0. The average Bonchev–Trinajstić information content (AvgIpc) is 0. The molecule has 0 aromatic heterocycles. The topological polar surface area (TPSA) is 0 Å². The third-order valence-corrected chi connectivity index (χ3v) is 0. The van der Waals surface area contributed by atoms with E-state index in [4.69, 9.17) is 0 Å². The van der Waals surface area contributed by atoms with Crippen molar-refractivity contribution in [2.75, 3.05) is 0 Å². The Labute approximate surface area is 59.3 Å². The zero-order valence-corrected chi connectivity index (χ0v) is 5.11. The van der Waals surface area contributed by atoms with Gasteiger partial charge in [0.15, 0.2) is 0 Å². The second-order valence-corrected chi connectivity index (χ2v) is 0. The van der Waals surface area contributed by atoms with Gasteiger partial charge in [0, 0.05) is 35.3 Å². The molecular weight excluding hydrogens is 205 g/mol. The van der Waals surface area contributed by atoms with Crippen molar-refractivity contribution in [3.05, 3.63) is 0 Å². The molecule has 0 rings (SSSR count). The molecule has 0 unspecified atom stereocenters. The SMILES string of the molecule is [Co].[F-].[F-].[F-].[F-].[F-].[V]. The van der Waals surface area contributed by atoms with Crippen LogP contribution >= 0.6 is 0 Å². The minimum absolute atomic E-state index is 0. The summed E-state index contributed by atoms with van der Waals surface area (Å²) in [5.41, 5.74) is 0. The Hall–Kier alpha value is 0.741. The van der Waals surface area contributed by atoms with Crippen molar-refractivity contribution in [3.8, 4) is 0 Å². The molecule has 7 heteroatoms. The molecule has 7 heavy (non-hydrogen) atoms. The van der Waals surface area contributed by atoms with E-state index in [1.807, 2.05) is 0 Å². The van der Waals surface area contributed by atoms with E-state index in [1.165, 1.54) is 0 Å². The van der Waals surface area contributed by atoms with Crippen molar-refractivity contribution in [2.45, 2.75) is 0 Å². The zero-order chi connectivity index (χ0) is 0. The van der Waals surface area contributed by atoms with Gasteiger partial charge in [-0.3, -0.25) is 0 Å². The molecule has 0 aliphatic rings. The third kappa shape index (κ3) is 276. The van der Waals surface area contributed by atoms with Crippen LogP contribution in [-0.2, 0) is 35.3 Å². The minimum atomic E-state index is 0. The second kappa shape index (κ2) is 405. The van der Waals surface area contributed by atoms with Crippen molar-refractivity contribution in [1.29, 1.82) is 0 Å². The van der Waals surface area contributed by atoms with E-state index in [9.17, 15) is 0 Å². The predicted octanol–water partition coefficient (Wildman–Crippen LogP) is -15.0. The summed E-state index contributed by atoms with van der Waals surface area (Å²) in [5.74, 6) is 0. The monoisotopic (exact) mass is 205 g/mol. The summed E-state index contributed by atoms with van der Waals surface area (Å²) >= 11 is 0. The van der Waals surface area contributed by atoms with Crippen molar-refractivity contribution in [2.24, 2.45) is 0 Å². The Kier molecular flexibility index (Phi) is 37000. The van der Waals surface area contributed by atoms with Crippen LogP contribution in [0.4, 0.5) is 0 Å².